The molecule has 1 saturated heterocycles. The van der Waals surface area contributed by atoms with Crippen molar-refractivity contribution in [2.24, 2.45) is 4.99 Å². The maximum atomic E-state index is 8.97. The highest BCUT2D eigenvalue weighted by atomic mass is 15.3. The quantitative estimate of drug-likeness (QED) is 0.280. The first-order valence-corrected chi connectivity index (χ1v) is 10.6. The fraction of sp³-hybridized carbons (Fsp3) is 0.292. The molecule has 0 aliphatic carbocycles. The number of hydrogen-bond donors (Lipinski definition) is 2. The molecule has 1 aliphatic heterocycles. The van der Waals surface area contributed by atoms with Crippen LogP contribution in [0.3, 0.4) is 0 Å². The van der Waals surface area contributed by atoms with Crippen LogP contribution in [-0.2, 0) is 6.54 Å². The maximum Gasteiger partial charge on any atom is 0.209 e. The van der Waals surface area contributed by atoms with Gasteiger partial charge in [0.05, 0.1) is 6.54 Å². The van der Waals surface area contributed by atoms with Crippen molar-refractivity contribution in [3.8, 4) is 6.19 Å². The van der Waals surface area contributed by atoms with Gasteiger partial charge in [0.15, 0.2) is 6.19 Å². The van der Waals surface area contributed by atoms with Gasteiger partial charge in [-0.05, 0) is 28.5 Å². The summed E-state index contributed by atoms with van der Waals surface area (Å²) in [5.41, 5.74) is 2.24. The summed E-state index contributed by atoms with van der Waals surface area (Å²) in [6.45, 7) is 6.64. The third-order valence-electron chi connectivity index (χ3n) is 5.54. The molecule has 0 atom stereocenters. The number of pyridine rings is 1. The zero-order chi connectivity index (χ0) is 21.3. The molecule has 3 aromatic rings. The Kier molecular flexibility index (Phi) is 7.06. The second-order valence-corrected chi connectivity index (χ2v) is 7.58. The van der Waals surface area contributed by atoms with Gasteiger partial charge in [-0.2, -0.15) is 5.26 Å². The number of hydrogen-bond acceptors (Lipinski definition) is 5. The van der Waals surface area contributed by atoms with Gasteiger partial charge in [-0.15, -0.1) is 0 Å². The highest BCUT2D eigenvalue weighted by Gasteiger charge is 2.17. The van der Waals surface area contributed by atoms with E-state index >= 15 is 0 Å². The van der Waals surface area contributed by atoms with Gasteiger partial charge in [-0.25, -0.2) is 0 Å². The van der Waals surface area contributed by atoms with E-state index in [9.17, 15) is 0 Å². The zero-order valence-electron chi connectivity index (χ0n) is 17.5. The van der Waals surface area contributed by atoms with Crippen LogP contribution < -0.4 is 10.6 Å². The lowest BCUT2D eigenvalue weighted by molar-refractivity contribution is 0.130. The Hall–Kier alpha value is -3.47. The van der Waals surface area contributed by atoms with E-state index in [1.165, 1.54) is 16.3 Å². The molecule has 158 valence electrons. The van der Waals surface area contributed by atoms with E-state index in [2.05, 4.69) is 72.9 Å². The fourth-order valence-corrected chi connectivity index (χ4v) is 3.88. The summed E-state index contributed by atoms with van der Waals surface area (Å²) in [6, 6.07) is 18.8. The molecule has 2 heterocycles. The second-order valence-electron chi connectivity index (χ2n) is 7.58. The van der Waals surface area contributed by atoms with Crippen LogP contribution >= 0.6 is 0 Å². The molecule has 0 unspecified atom stereocenters. The number of nitrogens with zero attached hydrogens (tertiary/aromatic N) is 5. The van der Waals surface area contributed by atoms with Gasteiger partial charge in [0.1, 0.15) is 0 Å². The minimum Gasteiger partial charge on any atom is -0.325 e. The van der Waals surface area contributed by atoms with E-state index in [1.807, 2.05) is 18.3 Å². The van der Waals surface area contributed by atoms with E-state index in [1.54, 1.807) is 12.4 Å². The second kappa shape index (κ2) is 10.5. The zero-order valence-corrected chi connectivity index (χ0v) is 17.5. The van der Waals surface area contributed by atoms with Crippen molar-refractivity contribution < 1.29 is 0 Å². The Bertz CT molecular complexity index is 1040. The van der Waals surface area contributed by atoms with Crippen LogP contribution in [0.2, 0.25) is 0 Å². The van der Waals surface area contributed by atoms with E-state index in [-0.39, 0.29) is 0 Å². The number of fused-ring (bicyclic) bond motifs is 1. The molecular formula is C24H27N7. The van der Waals surface area contributed by atoms with Crippen LogP contribution in [-0.4, -0.2) is 60.0 Å². The molecule has 31 heavy (non-hydrogen) atoms. The molecule has 2 N–H and O–H groups in total. The van der Waals surface area contributed by atoms with Crippen molar-refractivity contribution in [3.05, 3.63) is 72.6 Å². The van der Waals surface area contributed by atoms with Crippen molar-refractivity contribution in [2.45, 2.75) is 6.54 Å². The first-order chi connectivity index (χ1) is 15.3. The third-order valence-corrected chi connectivity index (χ3v) is 5.54. The molecule has 0 bridgehead atoms. The first kappa shape index (κ1) is 20.8. The van der Waals surface area contributed by atoms with Crippen molar-refractivity contribution >= 4 is 22.4 Å². The molecule has 1 fully saturated rings. The number of nitrogens with one attached hydrogen (secondary N) is 2. The van der Waals surface area contributed by atoms with Crippen molar-refractivity contribution in [2.75, 3.05) is 44.6 Å². The van der Waals surface area contributed by atoms with Crippen LogP contribution in [0, 0.1) is 11.5 Å². The average molecular weight is 414 g/mol. The molecule has 0 spiro atoms. The summed E-state index contributed by atoms with van der Waals surface area (Å²) in [4.78, 5) is 13.5. The van der Waals surface area contributed by atoms with Crippen molar-refractivity contribution in [3.63, 3.8) is 0 Å². The molecule has 0 radical (unpaired) electrons. The van der Waals surface area contributed by atoms with Gasteiger partial charge in [-0.3, -0.25) is 25.1 Å². The summed E-state index contributed by atoms with van der Waals surface area (Å²) in [6.07, 6.45) is 5.34. The molecule has 1 aliphatic rings. The molecule has 2 aromatic carbocycles. The lowest BCUT2D eigenvalue weighted by Gasteiger charge is -2.34. The van der Waals surface area contributed by atoms with Crippen molar-refractivity contribution in [1.29, 1.82) is 5.26 Å². The van der Waals surface area contributed by atoms with Gasteiger partial charge in [0.25, 0.3) is 0 Å². The number of nitriles is 1. The van der Waals surface area contributed by atoms with E-state index < -0.39 is 0 Å². The number of guanidine groups is 1. The van der Waals surface area contributed by atoms with Crippen LogP contribution in [0.25, 0.3) is 10.8 Å². The SMILES string of the molecule is N#CNC(=NCCN1CCN(Cc2cccc3ccccc23)CC1)Nc1ccncc1. The molecule has 1 aromatic heterocycles. The van der Waals surface area contributed by atoms with E-state index in [4.69, 9.17) is 5.26 Å². The number of rotatable bonds is 6. The maximum absolute atomic E-state index is 8.97. The van der Waals surface area contributed by atoms with Crippen LogP contribution in [0.5, 0.6) is 0 Å². The summed E-state index contributed by atoms with van der Waals surface area (Å²) >= 11 is 0. The summed E-state index contributed by atoms with van der Waals surface area (Å²) in [5.74, 6) is 0.461. The predicted octanol–water partition coefficient (Wildman–Crippen LogP) is 2.89. The normalized spacial score (nSPS) is 15.5. The topological polar surface area (TPSA) is 79.6 Å². The van der Waals surface area contributed by atoms with Gasteiger partial charge >= 0.3 is 0 Å². The average Bonchev–Trinajstić information content (AvgIpc) is 2.81. The summed E-state index contributed by atoms with van der Waals surface area (Å²) in [7, 11) is 0. The molecular weight excluding hydrogens is 386 g/mol. The smallest absolute Gasteiger partial charge is 0.209 e. The minimum absolute atomic E-state index is 0.461. The lowest BCUT2D eigenvalue weighted by atomic mass is 10.0. The molecule has 7 heteroatoms. The summed E-state index contributed by atoms with van der Waals surface area (Å²) < 4.78 is 0. The van der Waals surface area contributed by atoms with Gasteiger partial charge < -0.3 is 5.32 Å². The molecule has 4 rings (SSSR count). The van der Waals surface area contributed by atoms with E-state index in [0.717, 1.165) is 45.0 Å². The third kappa shape index (κ3) is 5.79. The van der Waals surface area contributed by atoms with Crippen molar-refractivity contribution in [1.82, 2.24) is 20.1 Å². The standard InChI is InChI=1S/C24H27N7/c25-19-28-24(29-22-8-10-26-11-9-22)27-12-13-30-14-16-31(17-15-30)18-21-6-3-5-20-4-1-2-7-23(20)21/h1-11H,12-18H2,(H2,26,27,28,29). The fourth-order valence-electron chi connectivity index (χ4n) is 3.88. The monoisotopic (exact) mass is 413 g/mol. The largest absolute Gasteiger partial charge is 0.325 e. The highest BCUT2D eigenvalue weighted by molar-refractivity contribution is 5.94. The van der Waals surface area contributed by atoms with Crippen LogP contribution in [0.4, 0.5) is 5.69 Å². The Morgan fingerprint density at radius 2 is 1.71 bits per heavy atom. The highest BCUT2D eigenvalue weighted by Crippen LogP contribution is 2.20. The Morgan fingerprint density at radius 1 is 0.968 bits per heavy atom. The first-order valence-electron chi connectivity index (χ1n) is 10.6. The number of aromatic nitrogens is 1. The Balaban J connectivity index is 1.26. The minimum atomic E-state index is 0.461. The summed E-state index contributed by atoms with van der Waals surface area (Å²) in [5, 5.41) is 17.4. The number of aliphatic imine (C=N–C) groups is 1. The Labute approximate surface area is 183 Å². The van der Waals surface area contributed by atoms with Crippen LogP contribution in [0.1, 0.15) is 5.56 Å². The lowest BCUT2D eigenvalue weighted by Crippen LogP contribution is -2.46. The molecule has 0 saturated carbocycles. The van der Waals surface area contributed by atoms with Gasteiger partial charge in [-0.1, -0.05) is 42.5 Å². The number of piperazine rings is 1. The predicted molar refractivity (Wildman–Crippen MR) is 125 cm³/mol. The van der Waals surface area contributed by atoms with Gasteiger partial charge in [0, 0.05) is 57.3 Å². The molecule has 7 nitrogen and oxygen atoms in total. The van der Waals surface area contributed by atoms with E-state index in [0.29, 0.717) is 12.5 Å². The Morgan fingerprint density at radius 3 is 2.52 bits per heavy atom. The van der Waals surface area contributed by atoms with Crippen LogP contribution in [0.15, 0.2) is 72.0 Å². The number of anilines is 1. The molecule has 0 amide bonds. The number of benzene rings is 2. The van der Waals surface area contributed by atoms with Gasteiger partial charge in [0.2, 0.25) is 5.96 Å².